The van der Waals surface area contributed by atoms with Gasteiger partial charge in [0.25, 0.3) is 0 Å². The van der Waals surface area contributed by atoms with Crippen molar-refractivity contribution in [3.8, 4) is 34.5 Å². The number of carbonyl (C=O) groups excluding carboxylic acids is 8. The van der Waals surface area contributed by atoms with Gasteiger partial charge < -0.3 is 75.8 Å². The molecule has 0 aliphatic heterocycles. The van der Waals surface area contributed by atoms with Gasteiger partial charge in [0.05, 0.1) is 26.4 Å². The Morgan fingerprint density at radius 2 is 0.667 bits per heavy atom. The third-order valence-corrected chi connectivity index (χ3v) is 11.2. The molecule has 0 radical (unpaired) electrons. The summed E-state index contributed by atoms with van der Waals surface area (Å²) in [6, 6.07) is 37.6. The van der Waals surface area contributed by atoms with E-state index in [1.54, 1.807) is 204 Å². The third kappa shape index (κ3) is 30.1. The molecule has 474 valence electrons. The molecule has 2 unspecified atom stereocenters. The van der Waals surface area contributed by atoms with E-state index >= 15 is 0 Å². The predicted octanol–water partition coefficient (Wildman–Crippen LogP) is 14.9. The number of aryl methyl sites for hydroxylation is 1. The Balaban J connectivity index is 0.000000411. The van der Waals surface area contributed by atoms with E-state index in [0.29, 0.717) is 28.6 Å². The van der Waals surface area contributed by atoms with Gasteiger partial charge in [-0.25, -0.2) is 38.4 Å². The second-order valence-electron chi connectivity index (χ2n) is 19.5. The van der Waals surface area contributed by atoms with E-state index in [1.807, 2.05) is 26.8 Å². The van der Waals surface area contributed by atoms with Crippen LogP contribution >= 0.6 is 0 Å². The summed E-state index contributed by atoms with van der Waals surface area (Å²) in [7, 11) is 0. The largest absolute Gasteiger partial charge is 0.519 e. The van der Waals surface area contributed by atoms with Gasteiger partial charge in [-0.3, -0.25) is 0 Å². The molecule has 24 nitrogen and oxygen atoms in total. The number of ether oxygens (including phenoxy) is 16. The van der Waals surface area contributed by atoms with Crippen LogP contribution < -0.4 is 28.4 Å². The molecule has 2 atom stereocenters. The highest BCUT2D eigenvalue weighted by Gasteiger charge is 2.45. The van der Waals surface area contributed by atoms with Crippen molar-refractivity contribution in [2.45, 2.75) is 126 Å². The average Bonchev–Trinajstić information content (AvgIpc) is 1.98. The number of hydrogen-bond acceptors (Lipinski definition) is 24. The van der Waals surface area contributed by atoms with Crippen LogP contribution in [-0.4, -0.2) is 112 Å². The number of hydrogen-bond donors (Lipinski definition) is 0. The smallest absolute Gasteiger partial charge is 0.435 e. The Morgan fingerprint density at radius 1 is 0.368 bits per heavy atom. The molecule has 0 bridgehead atoms. The fourth-order valence-electron chi connectivity index (χ4n) is 6.00. The van der Waals surface area contributed by atoms with E-state index in [4.69, 9.17) is 66.3 Å². The molecular formula is C63H78O24. The summed E-state index contributed by atoms with van der Waals surface area (Å²) in [5.74, 6) is 1.56. The first kappa shape index (κ1) is 73.4. The molecule has 0 aromatic heterocycles. The summed E-state index contributed by atoms with van der Waals surface area (Å²) in [6.07, 6.45) is -7.99. The second-order valence-corrected chi connectivity index (χ2v) is 19.5. The first-order valence-corrected chi connectivity index (χ1v) is 27.3. The van der Waals surface area contributed by atoms with E-state index in [0.717, 1.165) is 5.56 Å². The summed E-state index contributed by atoms with van der Waals surface area (Å²) in [6.45, 7) is 24.9. The molecular weight excluding hydrogens is 1140 g/mol. The number of benzene rings is 5. The molecule has 0 saturated carbocycles. The highest BCUT2D eigenvalue weighted by molar-refractivity contribution is 5.73. The van der Waals surface area contributed by atoms with Crippen LogP contribution in [0.15, 0.2) is 133 Å². The van der Waals surface area contributed by atoms with Gasteiger partial charge in [-0.1, -0.05) is 99.6 Å². The van der Waals surface area contributed by atoms with Gasteiger partial charge in [0.2, 0.25) is 0 Å². The summed E-state index contributed by atoms with van der Waals surface area (Å²) < 4.78 is 79.0. The van der Waals surface area contributed by atoms with Crippen molar-refractivity contribution in [3.63, 3.8) is 0 Å². The van der Waals surface area contributed by atoms with Gasteiger partial charge in [0.15, 0.2) is 11.5 Å². The Morgan fingerprint density at radius 3 is 0.977 bits per heavy atom. The van der Waals surface area contributed by atoms with Gasteiger partial charge in [-0.2, -0.15) is 0 Å². The average molecular weight is 1220 g/mol. The van der Waals surface area contributed by atoms with Crippen LogP contribution in [0.25, 0.3) is 0 Å². The minimum atomic E-state index is -1.05. The van der Waals surface area contributed by atoms with Crippen molar-refractivity contribution >= 4 is 49.2 Å². The second kappa shape index (κ2) is 38.3. The van der Waals surface area contributed by atoms with Crippen LogP contribution in [0.1, 0.15) is 101 Å². The zero-order valence-corrected chi connectivity index (χ0v) is 51.4. The van der Waals surface area contributed by atoms with Crippen molar-refractivity contribution < 1.29 is 114 Å². The highest BCUT2D eigenvalue weighted by atomic mass is 16.8. The predicted molar refractivity (Wildman–Crippen MR) is 312 cm³/mol. The van der Waals surface area contributed by atoms with Crippen molar-refractivity contribution in [3.05, 3.63) is 145 Å². The molecule has 0 saturated heterocycles. The summed E-state index contributed by atoms with van der Waals surface area (Å²) in [4.78, 5) is 91.9. The monoisotopic (exact) mass is 1220 g/mol. The molecule has 0 aliphatic carbocycles. The highest BCUT2D eigenvalue weighted by Crippen LogP contribution is 2.38. The van der Waals surface area contributed by atoms with E-state index in [9.17, 15) is 38.4 Å². The summed E-state index contributed by atoms with van der Waals surface area (Å²) in [5, 5.41) is 0. The number of carbonyl (C=O) groups is 8. The normalized spacial score (nSPS) is 11.2. The molecule has 0 fully saturated rings. The van der Waals surface area contributed by atoms with Gasteiger partial charge in [-0.15, -0.1) is 0 Å². The fourth-order valence-corrected chi connectivity index (χ4v) is 6.00. The van der Waals surface area contributed by atoms with Gasteiger partial charge >= 0.3 is 49.2 Å². The molecule has 24 heteroatoms. The van der Waals surface area contributed by atoms with Crippen molar-refractivity contribution in [2.75, 3.05) is 39.6 Å². The van der Waals surface area contributed by atoms with Gasteiger partial charge in [0.1, 0.15) is 59.6 Å². The minimum Gasteiger partial charge on any atom is -0.435 e. The van der Waals surface area contributed by atoms with Gasteiger partial charge in [-0.05, 0) is 147 Å². The Bertz CT molecular complexity index is 2780. The van der Waals surface area contributed by atoms with Crippen LogP contribution in [0.5, 0.6) is 34.5 Å². The molecule has 5 aromatic carbocycles. The zero-order valence-electron chi connectivity index (χ0n) is 51.4. The van der Waals surface area contributed by atoms with Crippen molar-refractivity contribution in [2.24, 2.45) is 0 Å². The summed E-state index contributed by atoms with van der Waals surface area (Å²) in [5.41, 5.74) is -0.816. The maximum Gasteiger partial charge on any atom is 0.519 e. The van der Waals surface area contributed by atoms with Crippen LogP contribution in [0, 0.1) is 6.92 Å². The lowest BCUT2D eigenvalue weighted by molar-refractivity contribution is -0.142. The quantitative estimate of drug-likeness (QED) is 0.0321. The number of para-hydroxylation sites is 4. The van der Waals surface area contributed by atoms with Crippen molar-refractivity contribution in [1.29, 1.82) is 0 Å². The molecule has 0 aliphatic rings. The SMILES string of the molecule is CCOC(=O)OC(C)(C)C(C)(C)OC(=O)OCC.CCOC(=O)OC(C)C(C)OC(=O)OCC.Cc1cc(C(C)(C)C)cc(OC(=O)Oc2ccccc2)c1OC(=O)Oc1ccccc1.O=C(OCCOC(=O)Oc1ccccc1)Oc1ccccc1. The third-order valence-electron chi connectivity index (χ3n) is 11.2. The topological polar surface area (TPSA) is 284 Å². The van der Waals surface area contributed by atoms with Crippen LogP contribution in [0.4, 0.5) is 38.4 Å². The van der Waals surface area contributed by atoms with Crippen molar-refractivity contribution in [1.82, 2.24) is 0 Å². The van der Waals surface area contributed by atoms with Gasteiger partial charge in [0, 0.05) is 0 Å². The van der Waals surface area contributed by atoms with E-state index in [2.05, 4.69) is 9.47 Å². The molecule has 0 spiro atoms. The summed E-state index contributed by atoms with van der Waals surface area (Å²) >= 11 is 0. The fraction of sp³-hybridized carbons (Fsp3) is 0.397. The lowest BCUT2D eigenvalue weighted by Crippen LogP contribution is -2.51. The molecule has 0 N–H and O–H groups in total. The molecule has 5 rings (SSSR count). The zero-order chi connectivity index (χ0) is 65.0. The molecule has 5 aromatic rings. The number of rotatable bonds is 19. The molecule has 0 amide bonds. The first-order chi connectivity index (χ1) is 41.1. The maximum atomic E-state index is 12.4. The Kier molecular flexibility index (Phi) is 32.3. The maximum absolute atomic E-state index is 12.4. The lowest BCUT2D eigenvalue weighted by atomic mass is 9.86. The minimum absolute atomic E-state index is 0.0656. The van der Waals surface area contributed by atoms with E-state index < -0.39 is 72.7 Å². The van der Waals surface area contributed by atoms with Crippen LogP contribution in [0.3, 0.4) is 0 Å². The van der Waals surface area contributed by atoms with Crippen LogP contribution in [-0.2, 0) is 52.8 Å². The van der Waals surface area contributed by atoms with E-state index in [1.165, 1.54) is 0 Å². The van der Waals surface area contributed by atoms with Crippen LogP contribution in [0.2, 0.25) is 0 Å². The first-order valence-electron chi connectivity index (χ1n) is 27.3. The Hall–Kier alpha value is -9.74. The lowest BCUT2D eigenvalue weighted by Gasteiger charge is -2.38. The van der Waals surface area contributed by atoms with E-state index in [-0.39, 0.29) is 56.6 Å². The molecule has 0 heterocycles. The Labute approximate surface area is 506 Å². The molecule has 87 heavy (non-hydrogen) atoms. The standard InChI is InChI=1S/C25H24O6.C16H14O6.C12H22O6.C10H18O6/c1-17-15-18(25(2,3)4)16-21(30-23(26)28-19-11-7-5-8-12-19)22(17)31-24(27)29-20-13-9-6-10-14-20;17-15(21-13-7-3-1-4-8-13)19-11-12-20-16(18)22-14-9-5-2-6-10-14;1-7-15-9(13)17-11(3,4)12(5,6)18-10(14)16-8-2;1-5-13-9(11)15-7(3)8(4)16-10(12)14-6-2/h5-16H,1-4H3;1-10H,11-12H2;7-8H2,1-6H3;7-8H,5-6H2,1-4H3.